The van der Waals surface area contributed by atoms with E-state index in [2.05, 4.69) is 0 Å². The fourth-order valence-electron chi connectivity index (χ4n) is 2.85. The molecule has 3 N–H and O–H groups in total. The average Bonchev–Trinajstić information content (AvgIpc) is 3.32. The molecule has 1 aromatic carbocycles. The van der Waals surface area contributed by atoms with Crippen LogP contribution in [0.2, 0.25) is 0 Å². The number of aliphatic carboxylic acids is 1. The normalized spacial score (nSPS) is 19.0. The van der Waals surface area contributed by atoms with Crippen molar-refractivity contribution in [3.63, 3.8) is 0 Å². The third-order valence-electron chi connectivity index (χ3n) is 4.41. The second-order valence-electron chi connectivity index (χ2n) is 6.23. The Balaban J connectivity index is 1.80. The quantitative estimate of drug-likeness (QED) is 0.779. The Labute approximate surface area is 123 Å². The molecule has 0 saturated heterocycles. The van der Waals surface area contributed by atoms with E-state index < -0.39 is 11.4 Å². The van der Waals surface area contributed by atoms with Gasteiger partial charge in [-0.15, -0.1) is 0 Å². The van der Waals surface area contributed by atoms with Crippen LogP contribution in [-0.2, 0) is 15.0 Å². The molecule has 0 heterocycles. The van der Waals surface area contributed by atoms with Crippen LogP contribution >= 0.6 is 0 Å². The van der Waals surface area contributed by atoms with Crippen LogP contribution in [0.3, 0.4) is 0 Å². The second kappa shape index (κ2) is 5.06. The molecule has 0 bridgehead atoms. The number of carboxylic acid groups (broad SMARTS) is 1. The summed E-state index contributed by atoms with van der Waals surface area (Å²) in [5, 5.41) is 9.05. The van der Waals surface area contributed by atoms with E-state index in [0.717, 1.165) is 31.2 Å². The molecular weight excluding hydrogens is 268 g/mol. The Bertz CT molecular complexity index is 559. The lowest BCUT2D eigenvalue weighted by Crippen LogP contribution is -2.43. The average molecular weight is 288 g/mol. The zero-order valence-corrected chi connectivity index (χ0v) is 11.9. The molecule has 2 aliphatic rings. The van der Waals surface area contributed by atoms with Crippen molar-refractivity contribution in [3.05, 3.63) is 29.8 Å². The van der Waals surface area contributed by atoms with Crippen molar-refractivity contribution in [2.75, 3.05) is 18.8 Å². The number of anilines is 1. The molecule has 0 unspecified atom stereocenters. The first-order valence-electron chi connectivity index (χ1n) is 7.38. The van der Waals surface area contributed by atoms with Crippen molar-refractivity contribution in [2.24, 2.45) is 5.92 Å². The molecule has 0 radical (unpaired) electrons. The van der Waals surface area contributed by atoms with E-state index in [0.29, 0.717) is 18.2 Å². The van der Waals surface area contributed by atoms with Crippen LogP contribution in [0.5, 0.6) is 0 Å². The highest BCUT2D eigenvalue weighted by Crippen LogP contribution is 2.50. The summed E-state index contributed by atoms with van der Waals surface area (Å²) in [4.78, 5) is 25.4. The SMILES string of the molecule is Nc1ccc(C2(C(=O)N(CC(=O)O)CC3CC3)CC2)cc1. The number of carboxylic acids is 1. The molecule has 112 valence electrons. The van der Waals surface area contributed by atoms with Crippen molar-refractivity contribution >= 4 is 17.6 Å². The van der Waals surface area contributed by atoms with Crippen molar-refractivity contribution in [2.45, 2.75) is 31.1 Å². The van der Waals surface area contributed by atoms with Crippen LogP contribution < -0.4 is 5.73 Å². The minimum absolute atomic E-state index is 0.0402. The predicted octanol–water partition coefficient (Wildman–Crippen LogP) is 1.62. The second-order valence-corrected chi connectivity index (χ2v) is 6.23. The highest BCUT2D eigenvalue weighted by Gasteiger charge is 2.53. The first kappa shape index (κ1) is 13.9. The molecule has 2 aliphatic carbocycles. The number of carbonyl (C=O) groups excluding carboxylic acids is 1. The molecule has 0 aromatic heterocycles. The number of benzene rings is 1. The van der Waals surface area contributed by atoms with E-state index in [-0.39, 0.29) is 12.5 Å². The Morgan fingerprint density at radius 3 is 2.33 bits per heavy atom. The lowest BCUT2D eigenvalue weighted by Gasteiger charge is -2.26. The Hall–Kier alpha value is -2.04. The van der Waals surface area contributed by atoms with Crippen LogP contribution in [0.4, 0.5) is 5.69 Å². The molecule has 3 rings (SSSR count). The summed E-state index contributed by atoms with van der Waals surface area (Å²) >= 11 is 0. The van der Waals surface area contributed by atoms with E-state index in [1.165, 1.54) is 4.90 Å². The van der Waals surface area contributed by atoms with Crippen molar-refractivity contribution < 1.29 is 14.7 Å². The first-order chi connectivity index (χ1) is 10.0. The van der Waals surface area contributed by atoms with Gasteiger partial charge in [-0.05, 0) is 49.3 Å². The fraction of sp³-hybridized carbons (Fsp3) is 0.500. The number of amides is 1. The van der Waals surface area contributed by atoms with Gasteiger partial charge >= 0.3 is 5.97 Å². The number of rotatable bonds is 6. The molecular formula is C16H20N2O3. The van der Waals surface area contributed by atoms with Gasteiger partial charge in [0, 0.05) is 12.2 Å². The summed E-state index contributed by atoms with van der Waals surface area (Å²) in [6, 6.07) is 7.36. The maximum Gasteiger partial charge on any atom is 0.323 e. The van der Waals surface area contributed by atoms with E-state index in [4.69, 9.17) is 10.8 Å². The molecule has 1 aromatic rings. The van der Waals surface area contributed by atoms with Gasteiger partial charge in [-0.1, -0.05) is 12.1 Å². The molecule has 5 nitrogen and oxygen atoms in total. The van der Waals surface area contributed by atoms with Crippen molar-refractivity contribution in [1.29, 1.82) is 0 Å². The fourth-order valence-corrected chi connectivity index (χ4v) is 2.85. The zero-order valence-electron chi connectivity index (χ0n) is 11.9. The highest BCUT2D eigenvalue weighted by molar-refractivity contribution is 5.93. The number of carbonyl (C=O) groups is 2. The van der Waals surface area contributed by atoms with E-state index >= 15 is 0 Å². The van der Waals surface area contributed by atoms with Crippen molar-refractivity contribution in [1.82, 2.24) is 4.90 Å². The van der Waals surface area contributed by atoms with Crippen LogP contribution in [0.1, 0.15) is 31.2 Å². The highest BCUT2D eigenvalue weighted by atomic mass is 16.4. The summed E-state index contributed by atoms with van der Waals surface area (Å²) in [6.45, 7) is 0.369. The molecule has 0 atom stereocenters. The summed E-state index contributed by atoms with van der Waals surface area (Å²) in [5.74, 6) is -0.505. The van der Waals surface area contributed by atoms with Gasteiger partial charge in [-0.25, -0.2) is 0 Å². The van der Waals surface area contributed by atoms with Gasteiger partial charge < -0.3 is 15.7 Å². The Morgan fingerprint density at radius 1 is 1.24 bits per heavy atom. The summed E-state index contributed by atoms with van der Waals surface area (Å²) < 4.78 is 0. The molecule has 5 heteroatoms. The van der Waals surface area contributed by atoms with Gasteiger partial charge in [0.15, 0.2) is 0 Å². The van der Waals surface area contributed by atoms with E-state index in [9.17, 15) is 9.59 Å². The Kier molecular flexibility index (Phi) is 3.35. The van der Waals surface area contributed by atoms with Gasteiger partial charge in [0.1, 0.15) is 6.54 Å². The number of nitrogens with two attached hydrogens (primary N) is 1. The summed E-state index contributed by atoms with van der Waals surface area (Å²) in [7, 11) is 0. The van der Waals surface area contributed by atoms with E-state index in [1.807, 2.05) is 12.1 Å². The van der Waals surface area contributed by atoms with Gasteiger partial charge in [0.05, 0.1) is 5.41 Å². The standard InChI is InChI=1S/C16H20N2O3/c17-13-5-3-12(4-6-13)16(7-8-16)15(21)18(10-14(19)20)9-11-1-2-11/h3-6,11H,1-2,7-10,17H2,(H,19,20). The molecule has 0 spiro atoms. The number of nitrogen functional groups attached to an aromatic ring is 1. The third kappa shape index (κ3) is 2.86. The van der Waals surface area contributed by atoms with Crippen LogP contribution in [0.25, 0.3) is 0 Å². The Morgan fingerprint density at radius 2 is 1.86 bits per heavy atom. The monoisotopic (exact) mass is 288 g/mol. The number of hydrogen-bond acceptors (Lipinski definition) is 3. The molecule has 1 amide bonds. The van der Waals surface area contributed by atoms with Gasteiger partial charge in [-0.2, -0.15) is 0 Å². The maximum absolute atomic E-state index is 12.8. The predicted molar refractivity (Wildman–Crippen MR) is 78.7 cm³/mol. The van der Waals surface area contributed by atoms with Crippen LogP contribution in [0.15, 0.2) is 24.3 Å². The summed E-state index contributed by atoms with van der Waals surface area (Å²) in [5.41, 5.74) is 6.80. The van der Waals surface area contributed by atoms with Crippen molar-refractivity contribution in [3.8, 4) is 0 Å². The molecule has 2 fully saturated rings. The molecule has 21 heavy (non-hydrogen) atoms. The number of nitrogens with zero attached hydrogens (tertiary/aromatic N) is 1. The number of hydrogen-bond donors (Lipinski definition) is 2. The van der Waals surface area contributed by atoms with Crippen LogP contribution in [0, 0.1) is 5.92 Å². The van der Waals surface area contributed by atoms with Crippen LogP contribution in [-0.4, -0.2) is 35.0 Å². The van der Waals surface area contributed by atoms with Gasteiger partial charge in [0.25, 0.3) is 0 Å². The maximum atomic E-state index is 12.8. The smallest absolute Gasteiger partial charge is 0.323 e. The topological polar surface area (TPSA) is 83.6 Å². The largest absolute Gasteiger partial charge is 0.480 e. The first-order valence-corrected chi connectivity index (χ1v) is 7.38. The minimum Gasteiger partial charge on any atom is -0.480 e. The van der Waals surface area contributed by atoms with Gasteiger partial charge in [0.2, 0.25) is 5.91 Å². The third-order valence-corrected chi connectivity index (χ3v) is 4.41. The lowest BCUT2D eigenvalue weighted by atomic mass is 9.94. The van der Waals surface area contributed by atoms with Gasteiger partial charge in [-0.3, -0.25) is 9.59 Å². The zero-order chi connectivity index (χ0) is 15.0. The lowest BCUT2D eigenvalue weighted by molar-refractivity contribution is -0.145. The minimum atomic E-state index is -0.947. The molecule has 0 aliphatic heterocycles. The molecule has 2 saturated carbocycles. The van der Waals surface area contributed by atoms with E-state index in [1.54, 1.807) is 12.1 Å². The summed E-state index contributed by atoms with van der Waals surface area (Å²) in [6.07, 6.45) is 3.77.